The van der Waals surface area contributed by atoms with E-state index < -0.39 is 5.91 Å². The molecule has 0 atom stereocenters. The Bertz CT molecular complexity index is 1020. The lowest BCUT2D eigenvalue weighted by Gasteiger charge is -2.05. The number of nitrogens with one attached hydrogen (secondary N) is 2. The standard InChI is InChI=1S/C15H14N6O4/c1-9-4-14(24)21(8-18-9)7-12(23)17-6-13-19-15(20-25-13)10-2-3-16-11(22)5-10/h2-5,8H,6-7H2,1H3,(H,16,22)(H,17,23). The lowest BCUT2D eigenvalue weighted by atomic mass is 10.2. The van der Waals surface area contributed by atoms with Crippen molar-refractivity contribution in [3.05, 3.63) is 63.0 Å². The average molecular weight is 342 g/mol. The summed E-state index contributed by atoms with van der Waals surface area (Å²) in [5.74, 6) is 0.0240. The Morgan fingerprint density at radius 3 is 2.96 bits per heavy atom. The van der Waals surface area contributed by atoms with E-state index in [1.807, 2.05) is 0 Å². The number of rotatable bonds is 5. The second-order valence-electron chi connectivity index (χ2n) is 5.23. The number of aryl methyl sites for hydroxylation is 1. The van der Waals surface area contributed by atoms with Gasteiger partial charge in [-0.3, -0.25) is 19.0 Å². The van der Waals surface area contributed by atoms with E-state index in [4.69, 9.17) is 4.52 Å². The van der Waals surface area contributed by atoms with Crippen molar-refractivity contribution in [1.29, 1.82) is 0 Å². The maximum absolute atomic E-state index is 11.9. The van der Waals surface area contributed by atoms with Crippen LogP contribution >= 0.6 is 0 Å². The SMILES string of the molecule is Cc1cc(=O)n(CC(=O)NCc2nc(-c3cc[nH]c(=O)c3)no2)cn1. The first-order valence-corrected chi connectivity index (χ1v) is 7.33. The van der Waals surface area contributed by atoms with E-state index in [2.05, 4.69) is 25.4 Å². The second-order valence-corrected chi connectivity index (χ2v) is 5.23. The normalized spacial score (nSPS) is 10.6. The van der Waals surface area contributed by atoms with Crippen LogP contribution in [0.1, 0.15) is 11.6 Å². The summed E-state index contributed by atoms with van der Waals surface area (Å²) in [6.07, 6.45) is 2.79. The highest BCUT2D eigenvalue weighted by Gasteiger charge is 2.11. The molecule has 2 N–H and O–H groups in total. The zero-order valence-corrected chi connectivity index (χ0v) is 13.2. The Morgan fingerprint density at radius 2 is 2.20 bits per heavy atom. The monoisotopic (exact) mass is 342 g/mol. The van der Waals surface area contributed by atoms with Gasteiger partial charge in [0.15, 0.2) is 0 Å². The summed E-state index contributed by atoms with van der Waals surface area (Å²) < 4.78 is 6.22. The molecular weight excluding hydrogens is 328 g/mol. The van der Waals surface area contributed by atoms with Crippen molar-refractivity contribution in [2.45, 2.75) is 20.0 Å². The van der Waals surface area contributed by atoms with Gasteiger partial charge in [-0.05, 0) is 13.0 Å². The fourth-order valence-electron chi connectivity index (χ4n) is 2.05. The van der Waals surface area contributed by atoms with Crippen LogP contribution in [0.5, 0.6) is 0 Å². The number of aromatic nitrogens is 5. The molecule has 3 rings (SSSR count). The Morgan fingerprint density at radius 1 is 1.36 bits per heavy atom. The van der Waals surface area contributed by atoms with E-state index >= 15 is 0 Å². The average Bonchev–Trinajstić information content (AvgIpc) is 3.05. The van der Waals surface area contributed by atoms with Crippen molar-refractivity contribution >= 4 is 5.91 Å². The summed E-state index contributed by atoms with van der Waals surface area (Å²) >= 11 is 0. The van der Waals surface area contributed by atoms with Gasteiger partial charge in [0, 0.05) is 29.6 Å². The first-order valence-electron chi connectivity index (χ1n) is 7.33. The van der Waals surface area contributed by atoms with Crippen LogP contribution in [-0.2, 0) is 17.9 Å². The molecular formula is C15H14N6O4. The van der Waals surface area contributed by atoms with Crippen LogP contribution in [0.25, 0.3) is 11.4 Å². The smallest absolute Gasteiger partial charge is 0.253 e. The molecule has 10 heteroatoms. The number of amides is 1. The number of pyridine rings is 1. The number of hydrogen-bond acceptors (Lipinski definition) is 7. The number of hydrogen-bond donors (Lipinski definition) is 2. The van der Waals surface area contributed by atoms with Crippen LogP contribution in [0.15, 0.2) is 44.8 Å². The number of H-pyrrole nitrogens is 1. The van der Waals surface area contributed by atoms with Crippen LogP contribution in [0.2, 0.25) is 0 Å². The minimum atomic E-state index is -0.399. The summed E-state index contributed by atoms with van der Waals surface area (Å²) in [5, 5.41) is 6.33. The summed E-state index contributed by atoms with van der Waals surface area (Å²) in [5.41, 5.74) is 0.494. The molecule has 0 aliphatic carbocycles. The highest BCUT2D eigenvalue weighted by atomic mass is 16.5. The van der Waals surface area contributed by atoms with Gasteiger partial charge < -0.3 is 14.8 Å². The van der Waals surface area contributed by atoms with Crippen LogP contribution < -0.4 is 16.4 Å². The second kappa shape index (κ2) is 6.91. The molecule has 0 unspecified atom stereocenters. The van der Waals surface area contributed by atoms with Crippen molar-refractivity contribution in [3.8, 4) is 11.4 Å². The Kier molecular flexibility index (Phi) is 4.50. The molecule has 1 amide bonds. The number of carbonyl (C=O) groups excluding carboxylic acids is 1. The van der Waals surface area contributed by atoms with Crippen molar-refractivity contribution in [2.75, 3.05) is 0 Å². The Balaban J connectivity index is 1.61. The van der Waals surface area contributed by atoms with Gasteiger partial charge in [0.05, 0.1) is 12.9 Å². The van der Waals surface area contributed by atoms with Gasteiger partial charge in [0.1, 0.15) is 6.54 Å². The predicted octanol–water partition coefficient (Wildman–Crippen LogP) is -0.394. The number of aromatic amines is 1. The summed E-state index contributed by atoms with van der Waals surface area (Å²) in [4.78, 5) is 45.5. The first kappa shape index (κ1) is 16.3. The predicted molar refractivity (Wildman–Crippen MR) is 85.4 cm³/mol. The quantitative estimate of drug-likeness (QED) is 0.644. The van der Waals surface area contributed by atoms with Crippen LogP contribution in [0.4, 0.5) is 0 Å². The molecule has 0 saturated heterocycles. The van der Waals surface area contributed by atoms with Gasteiger partial charge in [0.2, 0.25) is 23.2 Å². The van der Waals surface area contributed by atoms with Crippen molar-refractivity contribution < 1.29 is 9.32 Å². The number of carbonyl (C=O) groups is 1. The van der Waals surface area contributed by atoms with Gasteiger partial charge in [-0.25, -0.2) is 4.98 Å². The molecule has 10 nitrogen and oxygen atoms in total. The largest absolute Gasteiger partial charge is 0.345 e. The van der Waals surface area contributed by atoms with Gasteiger partial charge in [-0.2, -0.15) is 4.98 Å². The fourth-order valence-corrected chi connectivity index (χ4v) is 2.05. The fraction of sp³-hybridized carbons (Fsp3) is 0.200. The summed E-state index contributed by atoms with van der Waals surface area (Å²) in [6.45, 7) is 1.53. The van der Waals surface area contributed by atoms with Crippen LogP contribution in [0.3, 0.4) is 0 Å². The van der Waals surface area contributed by atoms with E-state index in [9.17, 15) is 14.4 Å². The van der Waals surface area contributed by atoms with Crippen molar-refractivity contribution in [3.63, 3.8) is 0 Å². The topological polar surface area (TPSA) is 136 Å². The third-order valence-corrected chi connectivity index (χ3v) is 3.27. The molecule has 3 aromatic rings. The summed E-state index contributed by atoms with van der Waals surface area (Å²) in [7, 11) is 0. The third kappa shape index (κ3) is 4.05. The van der Waals surface area contributed by atoms with Crippen LogP contribution in [-0.4, -0.2) is 30.6 Å². The Hall–Kier alpha value is -3.56. The zero-order chi connectivity index (χ0) is 17.8. The first-order chi connectivity index (χ1) is 12.0. The molecule has 128 valence electrons. The third-order valence-electron chi connectivity index (χ3n) is 3.27. The molecule has 0 radical (unpaired) electrons. The molecule has 0 aliphatic rings. The molecule has 3 aromatic heterocycles. The van der Waals surface area contributed by atoms with Crippen molar-refractivity contribution in [1.82, 2.24) is 30.0 Å². The molecule has 25 heavy (non-hydrogen) atoms. The molecule has 0 spiro atoms. The highest BCUT2D eigenvalue weighted by molar-refractivity contribution is 5.75. The summed E-state index contributed by atoms with van der Waals surface area (Å²) in [6, 6.07) is 4.31. The van der Waals surface area contributed by atoms with Gasteiger partial charge in [-0.1, -0.05) is 5.16 Å². The molecule has 3 heterocycles. The van der Waals surface area contributed by atoms with E-state index in [-0.39, 0.29) is 35.9 Å². The van der Waals surface area contributed by atoms with E-state index in [0.717, 1.165) is 0 Å². The van der Waals surface area contributed by atoms with Gasteiger partial charge >= 0.3 is 0 Å². The maximum atomic E-state index is 11.9. The van der Waals surface area contributed by atoms with Crippen LogP contribution in [0, 0.1) is 6.92 Å². The maximum Gasteiger partial charge on any atom is 0.253 e. The molecule has 0 saturated carbocycles. The lowest BCUT2D eigenvalue weighted by Crippen LogP contribution is -2.32. The van der Waals surface area contributed by atoms with Crippen molar-refractivity contribution in [2.24, 2.45) is 0 Å². The molecule has 0 bridgehead atoms. The van der Waals surface area contributed by atoms with E-state index in [0.29, 0.717) is 11.3 Å². The molecule has 0 aliphatic heterocycles. The zero-order valence-electron chi connectivity index (χ0n) is 13.2. The minimum Gasteiger partial charge on any atom is -0.345 e. The molecule has 0 fully saturated rings. The minimum absolute atomic E-state index is 0.00304. The van der Waals surface area contributed by atoms with E-state index in [1.54, 1.807) is 13.0 Å². The highest BCUT2D eigenvalue weighted by Crippen LogP contribution is 2.12. The molecule has 0 aromatic carbocycles. The Labute approximate surface area is 140 Å². The van der Waals surface area contributed by atoms with Gasteiger partial charge in [-0.15, -0.1) is 0 Å². The number of nitrogens with zero attached hydrogens (tertiary/aromatic N) is 4. The van der Waals surface area contributed by atoms with E-state index in [1.165, 1.54) is 29.2 Å². The van der Waals surface area contributed by atoms with Gasteiger partial charge in [0.25, 0.3) is 5.56 Å². The lowest BCUT2D eigenvalue weighted by molar-refractivity contribution is -0.122.